The van der Waals surface area contributed by atoms with E-state index in [1.165, 1.54) is 5.56 Å². The molecule has 1 amide bonds. The maximum absolute atomic E-state index is 12.8. The van der Waals surface area contributed by atoms with E-state index >= 15 is 0 Å². The minimum atomic E-state index is 0.202. The Kier molecular flexibility index (Phi) is 3.84. The summed E-state index contributed by atoms with van der Waals surface area (Å²) in [7, 11) is 0. The predicted molar refractivity (Wildman–Crippen MR) is 93.8 cm³/mol. The summed E-state index contributed by atoms with van der Waals surface area (Å²) in [5, 5.41) is 5.48. The van der Waals surface area contributed by atoms with Gasteiger partial charge in [0.15, 0.2) is 0 Å². The number of hydrogen-bond donors (Lipinski definition) is 1. The number of fused-ring (bicyclic) bond motifs is 1. The van der Waals surface area contributed by atoms with Gasteiger partial charge in [-0.25, -0.2) is 0 Å². The van der Waals surface area contributed by atoms with Gasteiger partial charge in [0, 0.05) is 42.6 Å². The fourth-order valence-corrected chi connectivity index (χ4v) is 3.61. The molecule has 3 heterocycles. The van der Waals surface area contributed by atoms with Crippen molar-refractivity contribution in [3.63, 3.8) is 0 Å². The van der Waals surface area contributed by atoms with E-state index in [4.69, 9.17) is 0 Å². The molecule has 0 aliphatic carbocycles. The molecule has 1 aromatic carbocycles. The smallest absolute Gasteiger partial charge is 0.227 e. The number of rotatable bonds is 3. The van der Waals surface area contributed by atoms with Crippen LogP contribution in [0.2, 0.25) is 0 Å². The number of benzene rings is 1. The van der Waals surface area contributed by atoms with Crippen molar-refractivity contribution in [2.45, 2.75) is 32.2 Å². The molecule has 0 bridgehead atoms. The summed E-state index contributed by atoms with van der Waals surface area (Å²) in [6.07, 6.45) is 8.32. The molecule has 0 radical (unpaired) electrons. The highest BCUT2D eigenvalue weighted by Gasteiger charge is 2.25. The zero-order valence-electron chi connectivity index (χ0n) is 13.9. The van der Waals surface area contributed by atoms with Crippen molar-refractivity contribution in [1.29, 1.82) is 0 Å². The molecule has 24 heavy (non-hydrogen) atoms. The van der Waals surface area contributed by atoms with E-state index in [1.54, 1.807) is 6.20 Å². The molecule has 0 unspecified atom stereocenters. The molecular weight excluding hydrogens is 300 g/mol. The molecule has 2 aromatic heterocycles. The molecule has 5 nitrogen and oxygen atoms in total. The van der Waals surface area contributed by atoms with Crippen LogP contribution in [-0.4, -0.2) is 38.7 Å². The standard InChI is InChI=1S/C19H22N4O/c1-14-5-6-17-15(12-20-18(17)10-14)11-19(24)22-8-2-4-16(13-22)23-9-3-7-21-23/h3,5-7,9-10,12,16,20H,2,4,8,11,13H2,1H3/t16-/m1/s1. The molecule has 124 valence electrons. The summed E-state index contributed by atoms with van der Waals surface area (Å²) in [4.78, 5) is 18.0. The van der Waals surface area contributed by atoms with Crippen molar-refractivity contribution in [1.82, 2.24) is 19.7 Å². The Bertz CT molecular complexity index is 850. The largest absolute Gasteiger partial charge is 0.361 e. The Hall–Kier alpha value is -2.56. The van der Waals surface area contributed by atoms with E-state index < -0.39 is 0 Å². The third-order valence-corrected chi connectivity index (χ3v) is 4.91. The van der Waals surface area contributed by atoms with Gasteiger partial charge in [-0.3, -0.25) is 9.48 Å². The topological polar surface area (TPSA) is 53.9 Å². The monoisotopic (exact) mass is 322 g/mol. The zero-order valence-corrected chi connectivity index (χ0v) is 13.9. The summed E-state index contributed by atoms with van der Waals surface area (Å²) >= 11 is 0. The number of carbonyl (C=O) groups excluding carboxylic acids is 1. The van der Waals surface area contributed by atoms with Crippen LogP contribution in [0.25, 0.3) is 10.9 Å². The van der Waals surface area contributed by atoms with Gasteiger partial charge in [-0.1, -0.05) is 12.1 Å². The number of aromatic amines is 1. The number of amides is 1. The van der Waals surface area contributed by atoms with Crippen LogP contribution in [-0.2, 0) is 11.2 Å². The summed E-state index contributed by atoms with van der Waals surface area (Å²) < 4.78 is 1.98. The summed E-state index contributed by atoms with van der Waals surface area (Å²) in [6, 6.07) is 8.56. The van der Waals surface area contributed by atoms with Gasteiger partial charge in [-0.2, -0.15) is 5.10 Å². The van der Waals surface area contributed by atoms with Crippen LogP contribution in [0, 0.1) is 6.92 Å². The number of aryl methyl sites for hydroxylation is 1. The van der Waals surface area contributed by atoms with E-state index in [2.05, 4.69) is 35.2 Å². The van der Waals surface area contributed by atoms with Crippen LogP contribution in [0.1, 0.15) is 30.0 Å². The number of nitrogens with zero attached hydrogens (tertiary/aromatic N) is 3. The van der Waals surface area contributed by atoms with E-state index in [-0.39, 0.29) is 5.91 Å². The Morgan fingerprint density at radius 3 is 3.17 bits per heavy atom. The van der Waals surface area contributed by atoms with Gasteiger partial charge in [-0.05, 0) is 43.0 Å². The van der Waals surface area contributed by atoms with Crippen LogP contribution >= 0.6 is 0 Å². The lowest BCUT2D eigenvalue weighted by atomic mass is 10.0. The average Bonchev–Trinajstić information content (AvgIpc) is 3.25. The highest BCUT2D eigenvalue weighted by atomic mass is 16.2. The minimum Gasteiger partial charge on any atom is -0.361 e. The van der Waals surface area contributed by atoms with Gasteiger partial charge in [-0.15, -0.1) is 0 Å². The predicted octanol–water partition coefficient (Wildman–Crippen LogP) is 3.08. The van der Waals surface area contributed by atoms with Gasteiger partial charge in [0.1, 0.15) is 0 Å². The molecule has 0 saturated carbocycles. The average molecular weight is 322 g/mol. The van der Waals surface area contributed by atoms with Crippen molar-refractivity contribution >= 4 is 16.8 Å². The number of aromatic nitrogens is 3. The van der Waals surface area contributed by atoms with Gasteiger partial charge >= 0.3 is 0 Å². The van der Waals surface area contributed by atoms with E-state index in [0.717, 1.165) is 42.4 Å². The van der Waals surface area contributed by atoms with Gasteiger partial charge in [0.25, 0.3) is 0 Å². The summed E-state index contributed by atoms with van der Waals surface area (Å²) in [5.74, 6) is 0.202. The maximum Gasteiger partial charge on any atom is 0.227 e. The Morgan fingerprint density at radius 1 is 1.42 bits per heavy atom. The first-order valence-corrected chi connectivity index (χ1v) is 8.54. The SMILES string of the molecule is Cc1ccc2c(CC(=O)N3CCC[C@@H](n4cccn4)C3)c[nH]c2c1. The highest BCUT2D eigenvalue weighted by Crippen LogP contribution is 2.23. The van der Waals surface area contributed by atoms with Crippen molar-refractivity contribution in [3.8, 4) is 0 Å². The second-order valence-electron chi connectivity index (χ2n) is 6.66. The van der Waals surface area contributed by atoms with Crippen LogP contribution in [0.4, 0.5) is 0 Å². The molecule has 1 aliphatic heterocycles. The number of likely N-dealkylation sites (tertiary alicyclic amines) is 1. The molecule has 5 heteroatoms. The molecule has 4 rings (SSSR count). The number of H-pyrrole nitrogens is 1. The van der Waals surface area contributed by atoms with E-state index in [9.17, 15) is 4.79 Å². The minimum absolute atomic E-state index is 0.202. The second kappa shape index (κ2) is 6.15. The molecule has 3 aromatic rings. The molecule has 1 N–H and O–H groups in total. The normalized spacial score (nSPS) is 18.2. The molecule has 1 saturated heterocycles. The quantitative estimate of drug-likeness (QED) is 0.805. The molecular formula is C19H22N4O. The van der Waals surface area contributed by atoms with Crippen molar-refractivity contribution in [3.05, 3.63) is 54.0 Å². The lowest BCUT2D eigenvalue weighted by Crippen LogP contribution is -2.41. The molecule has 0 spiro atoms. The number of hydrogen-bond acceptors (Lipinski definition) is 2. The Morgan fingerprint density at radius 2 is 2.33 bits per heavy atom. The molecule has 1 atom stereocenters. The van der Waals surface area contributed by atoms with Crippen molar-refractivity contribution < 1.29 is 4.79 Å². The first-order valence-electron chi connectivity index (χ1n) is 8.54. The number of nitrogens with one attached hydrogen (secondary N) is 1. The highest BCUT2D eigenvalue weighted by molar-refractivity contribution is 5.89. The van der Waals surface area contributed by atoms with Gasteiger partial charge in [0.05, 0.1) is 12.5 Å². The second-order valence-corrected chi connectivity index (χ2v) is 6.66. The third-order valence-electron chi connectivity index (χ3n) is 4.91. The summed E-state index contributed by atoms with van der Waals surface area (Å²) in [6.45, 7) is 3.67. The number of carbonyl (C=O) groups is 1. The van der Waals surface area contributed by atoms with E-state index in [0.29, 0.717) is 12.5 Å². The molecule has 1 fully saturated rings. The third kappa shape index (κ3) is 2.82. The lowest BCUT2D eigenvalue weighted by Gasteiger charge is -2.33. The van der Waals surface area contributed by atoms with Gasteiger partial charge < -0.3 is 9.88 Å². The summed E-state index contributed by atoms with van der Waals surface area (Å²) in [5.41, 5.74) is 3.40. The lowest BCUT2D eigenvalue weighted by molar-refractivity contribution is -0.132. The van der Waals surface area contributed by atoms with E-state index in [1.807, 2.05) is 28.0 Å². The van der Waals surface area contributed by atoms with Crippen LogP contribution in [0.15, 0.2) is 42.9 Å². The van der Waals surface area contributed by atoms with Crippen LogP contribution in [0.5, 0.6) is 0 Å². The fraction of sp³-hybridized carbons (Fsp3) is 0.368. The Labute approximate surface area is 141 Å². The van der Waals surface area contributed by atoms with Crippen LogP contribution in [0.3, 0.4) is 0 Å². The molecule has 1 aliphatic rings. The van der Waals surface area contributed by atoms with Gasteiger partial charge in [0.2, 0.25) is 5.91 Å². The van der Waals surface area contributed by atoms with Crippen molar-refractivity contribution in [2.24, 2.45) is 0 Å². The first-order chi connectivity index (χ1) is 11.7. The Balaban J connectivity index is 1.49. The number of piperidine rings is 1. The van der Waals surface area contributed by atoms with Crippen molar-refractivity contribution in [2.75, 3.05) is 13.1 Å². The first kappa shape index (κ1) is 15.0. The zero-order chi connectivity index (χ0) is 16.5. The van der Waals surface area contributed by atoms with Crippen LogP contribution < -0.4 is 0 Å². The maximum atomic E-state index is 12.8. The fourth-order valence-electron chi connectivity index (χ4n) is 3.61.